The Balaban J connectivity index is 1.64. The highest BCUT2D eigenvalue weighted by atomic mass is 19.1. The smallest absolute Gasteiger partial charge is 0.222 e. The Labute approximate surface area is 193 Å². The van der Waals surface area contributed by atoms with E-state index in [9.17, 15) is 13.6 Å². The summed E-state index contributed by atoms with van der Waals surface area (Å²) in [6.45, 7) is 6.34. The summed E-state index contributed by atoms with van der Waals surface area (Å²) in [4.78, 5) is 16.5. The number of carbonyl (C=O) groups excluding carboxylic acids is 1. The van der Waals surface area contributed by atoms with Gasteiger partial charge in [-0.15, -0.1) is 0 Å². The molecule has 2 heterocycles. The van der Waals surface area contributed by atoms with Crippen molar-refractivity contribution in [1.82, 2.24) is 19.6 Å². The standard InChI is InChI=1S/C26H30F2N4O/c1-18(2)14-26(33)30(3)17-24-22-16-31(15-19-6-4-5-7-23(19)28)13-12-25(22)32(29-24)21-10-8-20(27)9-11-21/h4-11,18H,12-17H2,1-3H3. The van der Waals surface area contributed by atoms with Gasteiger partial charge in [-0.3, -0.25) is 9.69 Å². The monoisotopic (exact) mass is 452 g/mol. The number of hydrogen-bond acceptors (Lipinski definition) is 3. The van der Waals surface area contributed by atoms with Crippen molar-refractivity contribution in [2.75, 3.05) is 13.6 Å². The fourth-order valence-corrected chi connectivity index (χ4v) is 4.29. The number of rotatable bonds is 7. The topological polar surface area (TPSA) is 41.4 Å². The number of nitrogens with zero attached hydrogens (tertiary/aromatic N) is 4. The number of amides is 1. The van der Waals surface area contributed by atoms with Crippen LogP contribution in [0.25, 0.3) is 5.69 Å². The van der Waals surface area contributed by atoms with Crippen LogP contribution in [0.1, 0.15) is 42.8 Å². The van der Waals surface area contributed by atoms with Crippen molar-refractivity contribution in [3.63, 3.8) is 0 Å². The summed E-state index contributed by atoms with van der Waals surface area (Å²) in [6.07, 6.45) is 1.22. The lowest BCUT2D eigenvalue weighted by atomic mass is 10.0. The van der Waals surface area contributed by atoms with Crippen LogP contribution in [-0.4, -0.2) is 39.1 Å². The molecule has 1 aliphatic rings. The van der Waals surface area contributed by atoms with E-state index in [4.69, 9.17) is 5.10 Å². The molecular weight excluding hydrogens is 422 g/mol. The highest BCUT2D eigenvalue weighted by molar-refractivity contribution is 5.76. The maximum Gasteiger partial charge on any atom is 0.222 e. The normalized spacial score (nSPS) is 13.9. The predicted octanol–water partition coefficient (Wildman–Crippen LogP) is 4.71. The average Bonchev–Trinajstić information content (AvgIpc) is 3.13. The van der Waals surface area contributed by atoms with Gasteiger partial charge in [-0.05, 0) is 36.2 Å². The largest absolute Gasteiger partial charge is 0.340 e. The summed E-state index contributed by atoms with van der Waals surface area (Å²) in [5.41, 5.74) is 4.40. The molecule has 0 aliphatic carbocycles. The summed E-state index contributed by atoms with van der Waals surface area (Å²) in [5, 5.41) is 4.85. The molecular formula is C26H30F2N4O. The minimum atomic E-state index is -0.296. The molecule has 0 saturated heterocycles. The number of hydrogen-bond donors (Lipinski definition) is 0. The van der Waals surface area contributed by atoms with Crippen LogP contribution in [0, 0.1) is 17.6 Å². The van der Waals surface area contributed by atoms with Crippen LogP contribution in [-0.2, 0) is 30.8 Å². The second-order valence-corrected chi connectivity index (χ2v) is 9.16. The number of fused-ring (bicyclic) bond motifs is 1. The van der Waals surface area contributed by atoms with Crippen molar-refractivity contribution in [3.05, 3.63) is 82.7 Å². The molecule has 33 heavy (non-hydrogen) atoms. The van der Waals surface area contributed by atoms with E-state index in [2.05, 4.69) is 4.90 Å². The van der Waals surface area contributed by atoms with Crippen LogP contribution in [0.5, 0.6) is 0 Å². The second kappa shape index (κ2) is 9.83. The zero-order valence-electron chi connectivity index (χ0n) is 19.4. The van der Waals surface area contributed by atoms with Crippen LogP contribution in [0.2, 0.25) is 0 Å². The molecule has 1 aliphatic heterocycles. The zero-order chi connectivity index (χ0) is 23.5. The predicted molar refractivity (Wildman–Crippen MR) is 124 cm³/mol. The van der Waals surface area contributed by atoms with Gasteiger partial charge in [-0.25, -0.2) is 13.5 Å². The summed E-state index contributed by atoms with van der Waals surface area (Å²) >= 11 is 0. The van der Waals surface area contributed by atoms with Gasteiger partial charge in [-0.1, -0.05) is 32.0 Å². The SMILES string of the molecule is CC(C)CC(=O)N(C)Cc1nn(-c2ccc(F)cc2)c2c1CN(Cc1ccccc1F)CC2. The van der Waals surface area contributed by atoms with E-state index in [-0.39, 0.29) is 23.5 Å². The summed E-state index contributed by atoms with van der Waals surface area (Å²) in [7, 11) is 1.80. The summed E-state index contributed by atoms with van der Waals surface area (Å²) < 4.78 is 29.6. The molecule has 0 saturated carbocycles. The third-order valence-corrected chi connectivity index (χ3v) is 6.04. The first-order valence-electron chi connectivity index (χ1n) is 11.4. The summed E-state index contributed by atoms with van der Waals surface area (Å²) in [6, 6.07) is 13.1. The molecule has 0 unspecified atom stereocenters. The van der Waals surface area contributed by atoms with Gasteiger partial charge in [0, 0.05) is 50.7 Å². The van der Waals surface area contributed by atoms with Gasteiger partial charge in [0.25, 0.3) is 0 Å². The van der Waals surface area contributed by atoms with Crippen LogP contribution in [0.3, 0.4) is 0 Å². The summed E-state index contributed by atoms with van der Waals surface area (Å²) in [5.74, 6) is -0.143. The maximum atomic E-state index is 14.2. The molecule has 5 nitrogen and oxygen atoms in total. The lowest BCUT2D eigenvalue weighted by molar-refractivity contribution is -0.131. The minimum Gasteiger partial charge on any atom is -0.340 e. The molecule has 1 amide bonds. The minimum absolute atomic E-state index is 0.0779. The van der Waals surface area contributed by atoms with Crippen molar-refractivity contribution >= 4 is 5.91 Å². The van der Waals surface area contributed by atoms with E-state index in [0.29, 0.717) is 31.6 Å². The van der Waals surface area contributed by atoms with E-state index in [1.54, 1.807) is 30.1 Å². The van der Waals surface area contributed by atoms with Crippen molar-refractivity contribution in [3.8, 4) is 5.69 Å². The highest BCUT2D eigenvalue weighted by Crippen LogP contribution is 2.28. The zero-order valence-corrected chi connectivity index (χ0v) is 19.4. The van der Waals surface area contributed by atoms with E-state index < -0.39 is 0 Å². The molecule has 0 spiro atoms. The van der Waals surface area contributed by atoms with E-state index >= 15 is 0 Å². The first kappa shape index (κ1) is 23.1. The van der Waals surface area contributed by atoms with E-state index in [1.165, 1.54) is 18.2 Å². The molecule has 0 atom stereocenters. The van der Waals surface area contributed by atoms with Gasteiger partial charge < -0.3 is 4.90 Å². The first-order chi connectivity index (χ1) is 15.8. The first-order valence-corrected chi connectivity index (χ1v) is 11.4. The Morgan fingerprint density at radius 1 is 1.12 bits per heavy atom. The van der Waals surface area contributed by atoms with Gasteiger partial charge in [-0.2, -0.15) is 5.10 Å². The van der Waals surface area contributed by atoms with Crippen molar-refractivity contribution in [2.24, 2.45) is 5.92 Å². The molecule has 1 aromatic heterocycles. The Morgan fingerprint density at radius 3 is 2.55 bits per heavy atom. The molecule has 7 heteroatoms. The fraction of sp³-hybridized carbons (Fsp3) is 0.385. The van der Waals surface area contributed by atoms with Crippen LogP contribution < -0.4 is 0 Å². The molecule has 3 aromatic rings. The average molecular weight is 453 g/mol. The van der Waals surface area contributed by atoms with Crippen molar-refractivity contribution in [2.45, 2.75) is 46.3 Å². The quantitative estimate of drug-likeness (QED) is 0.521. The molecule has 0 fully saturated rings. The Bertz CT molecular complexity index is 1120. The Morgan fingerprint density at radius 2 is 1.85 bits per heavy atom. The lowest BCUT2D eigenvalue weighted by Gasteiger charge is -2.28. The van der Waals surface area contributed by atoms with Crippen LogP contribution in [0.15, 0.2) is 48.5 Å². The Hall–Kier alpha value is -3.06. The molecule has 0 radical (unpaired) electrons. The number of carbonyl (C=O) groups is 1. The van der Waals surface area contributed by atoms with Crippen LogP contribution in [0.4, 0.5) is 8.78 Å². The van der Waals surface area contributed by atoms with Gasteiger partial charge >= 0.3 is 0 Å². The van der Waals surface area contributed by atoms with Gasteiger partial charge in [0.1, 0.15) is 11.6 Å². The van der Waals surface area contributed by atoms with Crippen molar-refractivity contribution < 1.29 is 13.6 Å². The van der Waals surface area contributed by atoms with Gasteiger partial charge in [0.2, 0.25) is 5.91 Å². The molecule has 174 valence electrons. The number of aromatic nitrogens is 2. The lowest BCUT2D eigenvalue weighted by Crippen LogP contribution is -2.32. The van der Waals surface area contributed by atoms with Crippen LogP contribution >= 0.6 is 0 Å². The number of benzene rings is 2. The highest BCUT2D eigenvalue weighted by Gasteiger charge is 2.27. The van der Waals surface area contributed by atoms with Crippen molar-refractivity contribution in [1.29, 1.82) is 0 Å². The third-order valence-electron chi connectivity index (χ3n) is 6.04. The third kappa shape index (κ3) is 5.30. The second-order valence-electron chi connectivity index (χ2n) is 9.16. The Kier molecular flexibility index (Phi) is 6.88. The van der Waals surface area contributed by atoms with E-state index in [0.717, 1.165) is 35.6 Å². The molecule has 0 bridgehead atoms. The molecule has 2 aromatic carbocycles. The molecule has 4 rings (SSSR count). The number of halogens is 2. The fourth-order valence-electron chi connectivity index (χ4n) is 4.29. The van der Waals surface area contributed by atoms with Gasteiger partial charge in [0.05, 0.1) is 23.6 Å². The molecule has 0 N–H and O–H groups in total. The van der Waals surface area contributed by atoms with E-state index in [1.807, 2.05) is 30.7 Å². The maximum absolute atomic E-state index is 14.2. The van der Waals surface area contributed by atoms with Gasteiger partial charge in [0.15, 0.2) is 0 Å².